The lowest BCUT2D eigenvalue weighted by Crippen LogP contribution is -2.10. The molecule has 0 saturated heterocycles. The quantitative estimate of drug-likeness (QED) is 0.470. The molecule has 1 aromatic carbocycles. The minimum absolute atomic E-state index is 0.0477. The lowest BCUT2D eigenvalue weighted by molar-refractivity contribution is -0.131. The first-order chi connectivity index (χ1) is 7.63. The number of hydrogen-bond donors (Lipinski definition) is 1. The van der Waals surface area contributed by atoms with Gasteiger partial charge in [-0.15, -0.1) is 6.58 Å². The Morgan fingerprint density at radius 1 is 1.62 bits per heavy atom. The summed E-state index contributed by atoms with van der Waals surface area (Å²) in [4.78, 5) is 10.8. The number of benzene rings is 1. The van der Waals surface area contributed by atoms with Gasteiger partial charge in [0.2, 0.25) is 0 Å². The van der Waals surface area contributed by atoms with Crippen molar-refractivity contribution in [1.29, 1.82) is 0 Å². The number of carbonyl (C=O) groups is 1. The summed E-state index contributed by atoms with van der Waals surface area (Å²) in [5, 5.41) is 0. The molecule has 0 amide bonds. The minimum Gasteiger partial charge on any atom is -0.427 e. The highest BCUT2D eigenvalue weighted by Crippen LogP contribution is 2.21. The average molecular weight is 219 g/mol. The summed E-state index contributed by atoms with van der Waals surface area (Å²) >= 11 is 0. The largest absolute Gasteiger partial charge is 0.427 e. The zero-order valence-corrected chi connectivity index (χ0v) is 9.48. The van der Waals surface area contributed by atoms with E-state index in [1.54, 1.807) is 12.1 Å². The second-order valence-electron chi connectivity index (χ2n) is 3.64. The van der Waals surface area contributed by atoms with E-state index >= 15 is 0 Å². The molecule has 0 aromatic heterocycles. The Morgan fingerprint density at radius 2 is 2.38 bits per heavy atom. The highest BCUT2D eigenvalue weighted by Gasteiger charge is 2.06. The summed E-state index contributed by atoms with van der Waals surface area (Å²) in [6.45, 7) is 5.04. The number of rotatable bonds is 5. The maximum Gasteiger partial charge on any atom is 0.308 e. The van der Waals surface area contributed by atoms with Gasteiger partial charge in [-0.2, -0.15) is 0 Å². The van der Waals surface area contributed by atoms with E-state index < -0.39 is 0 Å². The molecular formula is C13H17NO2. The third-order valence-electron chi connectivity index (χ3n) is 2.23. The van der Waals surface area contributed by atoms with Gasteiger partial charge in [-0.1, -0.05) is 18.2 Å². The third kappa shape index (κ3) is 3.87. The number of esters is 1. The molecule has 1 rings (SSSR count). The fraction of sp³-hybridized carbons (Fsp3) is 0.308. The molecule has 0 aliphatic rings. The molecule has 1 aromatic rings. The van der Waals surface area contributed by atoms with E-state index in [1.165, 1.54) is 6.92 Å². The lowest BCUT2D eigenvalue weighted by atomic mass is 10.0. The van der Waals surface area contributed by atoms with Crippen molar-refractivity contribution in [3.05, 3.63) is 42.5 Å². The van der Waals surface area contributed by atoms with Gasteiger partial charge in [0.25, 0.3) is 0 Å². The van der Waals surface area contributed by atoms with Crippen LogP contribution in [0.1, 0.15) is 31.4 Å². The molecule has 0 bridgehead atoms. The van der Waals surface area contributed by atoms with Gasteiger partial charge >= 0.3 is 5.97 Å². The summed E-state index contributed by atoms with van der Waals surface area (Å²) in [6.07, 6.45) is 3.56. The summed E-state index contributed by atoms with van der Waals surface area (Å²) in [6, 6.07) is 7.26. The van der Waals surface area contributed by atoms with Crippen LogP contribution in [0, 0.1) is 0 Å². The van der Waals surface area contributed by atoms with Crippen molar-refractivity contribution in [3.63, 3.8) is 0 Å². The summed E-state index contributed by atoms with van der Waals surface area (Å²) in [5.74, 6) is 0.218. The van der Waals surface area contributed by atoms with Crippen LogP contribution < -0.4 is 10.5 Å². The summed E-state index contributed by atoms with van der Waals surface area (Å²) < 4.78 is 4.99. The summed E-state index contributed by atoms with van der Waals surface area (Å²) in [5.41, 5.74) is 6.97. The first-order valence-corrected chi connectivity index (χ1v) is 5.28. The smallest absolute Gasteiger partial charge is 0.308 e. The van der Waals surface area contributed by atoms with Gasteiger partial charge in [0.1, 0.15) is 5.75 Å². The molecule has 86 valence electrons. The van der Waals surface area contributed by atoms with Crippen molar-refractivity contribution in [1.82, 2.24) is 0 Å². The molecule has 1 atom stereocenters. The van der Waals surface area contributed by atoms with Crippen LogP contribution in [0.5, 0.6) is 5.75 Å². The fourth-order valence-corrected chi connectivity index (χ4v) is 1.44. The third-order valence-corrected chi connectivity index (χ3v) is 2.23. The Labute approximate surface area is 95.9 Å². The zero-order chi connectivity index (χ0) is 12.0. The van der Waals surface area contributed by atoms with E-state index in [0.29, 0.717) is 5.75 Å². The number of hydrogen-bond acceptors (Lipinski definition) is 3. The van der Waals surface area contributed by atoms with E-state index in [-0.39, 0.29) is 12.0 Å². The topological polar surface area (TPSA) is 52.3 Å². The van der Waals surface area contributed by atoms with Crippen LogP contribution in [-0.2, 0) is 4.79 Å². The van der Waals surface area contributed by atoms with E-state index in [1.807, 2.05) is 18.2 Å². The van der Waals surface area contributed by atoms with E-state index in [4.69, 9.17) is 10.5 Å². The van der Waals surface area contributed by atoms with Crippen molar-refractivity contribution in [2.24, 2.45) is 5.73 Å². The van der Waals surface area contributed by atoms with Gasteiger partial charge in [-0.05, 0) is 30.5 Å². The predicted octanol–water partition coefficient (Wildman–Crippen LogP) is 2.58. The molecule has 0 aliphatic heterocycles. The van der Waals surface area contributed by atoms with Crippen LogP contribution in [0.4, 0.5) is 0 Å². The van der Waals surface area contributed by atoms with E-state index in [9.17, 15) is 4.79 Å². The van der Waals surface area contributed by atoms with Crippen molar-refractivity contribution >= 4 is 5.97 Å². The molecule has 0 unspecified atom stereocenters. The van der Waals surface area contributed by atoms with E-state index in [0.717, 1.165) is 18.4 Å². The Balaban J connectivity index is 2.72. The monoisotopic (exact) mass is 219 g/mol. The van der Waals surface area contributed by atoms with Gasteiger partial charge in [-0.3, -0.25) is 4.79 Å². The second kappa shape index (κ2) is 6.08. The number of ether oxygens (including phenoxy) is 1. The Bertz CT molecular complexity index is 374. The van der Waals surface area contributed by atoms with Gasteiger partial charge in [0.15, 0.2) is 0 Å². The first-order valence-electron chi connectivity index (χ1n) is 5.28. The molecule has 2 N–H and O–H groups in total. The van der Waals surface area contributed by atoms with Crippen LogP contribution in [0.2, 0.25) is 0 Å². The molecule has 0 aliphatic carbocycles. The van der Waals surface area contributed by atoms with Crippen LogP contribution in [0.15, 0.2) is 36.9 Å². The second-order valence-corrected chi connectivity index (χ2v) is 3.64. The van der Waals surface area contributed by atoms with Gasteiger partial charge in [0, 0.05) is 13.0 Å². The molecule has 16 heavy (non-hydrogen) atoms. The van der Waals surface area contributed by atoms with Gasteiger partial charge in [-0.25, -0.2) is 0 Å². The number of nitrogens with two attached hydrogens (primary N) is 1. The predicted molar refractivity (Wildman–Crippen MR) is 64.1 cm³/mol. The standard InChI is InChI=1S/C13H17NO2/c1-3-4-8-13(14)11-6-5-7-12(9-11)16-10(2)15/h3,5-7,9,13H,1,4,8,14H2,2H3/t13-/m1/s1. The van der Waals surface area contributed by atoms with Gasteiger partial charge < -0.3 is 10.5 Å². The molecule has 0 fully saturated rings. The van der Waals surface area contributed by atoms with Gasteiger partial charge in [0.05, 0.1) is 0 Å². The maximum absolute atomic E-state index is 10.8. The fourth-order valence-electron chi connectivity index (χ4n) is 1.44. The van der Waals surface area contributed by atoms with Crippen LogP contribution in [0.25, 0.3) is 0 Å². The van der Waals surface area contributed by atoms with E-state index in [2.05, 4.69) is 6.58 Å². The van der Waals surface area contributed by atoms with Crippen molar-refractivity contribution in [2.75, 3.05) is 0 Å². The molecule has 3 nitrogen and oxygen atoms in total. The number of carbonyl (C=O) groups excluding carboxylic acids is 1. The normalized spacial score (nSPS) is 11.9. The SMILES string of the molecule is C=CCC[C@@H](N)c1cccc(OC(C)=O)c1. The molecule has 0 heterocycles. The molecular weight excluding hydrogens is 202 g/mol. The van der Waals surface area contributed by atoms with Crippen molar-refractivity contribution < 1.29 is 9.53 Å². The van der Waals surface area contributed by atoms with Crippen LogP contribution in [-0.4, -0.2) is 5.97 Å². The van der Waals surface area contributed by atoms with Crippen molar-refractivity contribution in [2.45, 2.75) is 25.8 Å². The molecule has 0 spiro atoms. The Kier molecular flexibility index (Phi) is 4.73. The Morgan fingerprint density at radius 3 is 3.00 bits per heavy atom. The number of allylic oxidation sites excluding steroid dienone is 1. The maximum atomic E-state index is 10.8. The van der Waals surface area contributed by atoms with Crippen LogP contribution >= 0.6 is 0 Å². The first kappa shape index (κ1) is 12.5. The highest BCUT2D eigenvalue weighted by atomic mass is 16.5. The highest BCUT2D eigenvalue weighted by molar-refractivity contribution is 5.69. The van der Waals surface area contributed by atoms with Crippen LogP contribution in [0.3, 0.4) is 0 Å². The summed E-state index contributed by atoms with van der Waals surface area (Å²) in [7, 11) is 0. The lowest BCUT2D eigenvalue weighted by Gasteiger charge is -2.11. The minimum atomic E-state index is -0.322. The Hall–Kier alpha value is -1.61. The zero-order valence-electron chi connectivity index (χ0n) is 9.48. The molecule has 3 heteroatoms. The molecule has 0 radical (unpaired) electrons. The molecule has 0 saturated carbocycles. The average Bonchev–Trinajstić information content (AvgIpc) is 2.25. The van der Waals surface area contributed by atoms with Crippen molar-refractivity contribution in [3.8, 4) is 5.75 Å².